The molecule has 0 radical (unpaired) electrons. The predicted molar refractivity (Wildman–Crippen MR) is 73.5 cm³/mol. The van der Waals surface area contributed by atoms with Crippen molar-refractivity contribution < 1.29 is 9.13 Å². The summed E-state index contributed by atoms with van der Waals surface area (Å²) in [4.78, 5) is 2.28. The fraction of sp³-hybridized carbons (Fsp3) is 0.562. The molecule has 2 aliphatic rings. The minimum Gasteiger partial charge on any atom is -0.372 e. The fourth-order valence-electron chi connectivity index (χ4n) is 2.98. The average molecular weight is 274 g/mol. The summed E-state index contributed by atoms with van der Waals surface area (Å²) in [6.45, 7) is 4.43. The van der Waals surface area contributed by atoms with Crippen LogP contribution in [0.2, 0.25) is 0 Å². The van der Waals surface area contributed by atoms with Crippen LogP contribution in [0, 0.1) is 23.1 Å². The largest absolute Gasteiger partial charge is 0.372 e. The van der Waals surface area contributed by atoms with E-state index in [9.17, 15) is 4.39 Å². The first-order chi connectivity index (χ1) is 9.65. The van der Waals surface area contributed by atoms with Crippen molar-refractivity contribution in [3.05, 3.63) is 35.1 Å². The van der Waals surface area contributed by atoms with Gasteiger partial charge in [-0.05, 0) is 49.4 Å². The number of benzene rings is 1. The second kappa shape index (κ2) is 5.51. The van der Waals surface area contributed by atoms with Crippen LogP contribution in [-0.2, 0) is 11.3 Å². The molecular formula is C16H19FN2O. The van der Waals surface area contributed by atoms with Crippen LogP contribution in [0.3, 0.4) is 0 Å². The second-order valence-electron chi connectivity index (χ2n) is 5.93. The van der Waals surface area contributed by atoms with Crippen molar-refractivity contribution in [1.29, 1.82) is 5.26 Å². The van der Waals surface area contributed by atoms with Crippen molar-refractivity contribution in [2.75, 3.05) is 13.1 Å². The number of nitriles is 1. The standard InChI is InChI=1S/C16H19FN2O/c1-11-8-19(10-16(20-11)12-2-3-12)9-14-6-15(17)5-4-13(14)7-18/h4-6,11-12,16H,2-3,8-10H2,1H3. The Morgan fingerprint density at radius 3 is 2.90 bits per heavy atom. The first-order valence-electron chi connectivity index (χ1n) is 7.22. The molecule has 4 heteroatoms. The Morgan fingerprint density at radius 2 is 2.20 bits per heavy atom. The molecule has 1 saturated heterocycles. The molecule has 3 rings (SSSR count). The van der Waals surface area contributed by atoms with Crippen LogP contribution in [0.1, 0.15) is 30.9 Å². The molecule has 0 aromatic heterocycles. The maximum atomic E-state index is 13.4. The Labute approximate surface area is 119 Å². The van der Waals surface area contributed by atoms with Crippen LogP contribution in [0.25, 0.3) is 0 Å². The zero-order valence-corrected chi connectivity index (χ0v) is 11.7. The molecule has 0 N–H and O–H groups in total. The molecule has 1 saturated carbocycles. The summed E-state index contributed by atoms with van der Waals surface area (Å²) in [5.41, 5.74) is 1.34. The zero-order chi connectivity index (χ0) is 14.1. The highest BCUT2D eigenvalue weighted by Gasteiger charge is 2.37. The van der Waals surface area contributed by atoms with Crippen LogP contribution in [0.15, 0.2) is 18.2 Å². The summed E-state index contributed by atoms with van der Waals surface area (Å²) in [5.74, 6) is 0.419. The first-order valence-corrected chi connectivity index (χ1v) is 7.22. The highest BCUT2D eigenvalue weighted by molar-refractivity contribution is 5.37. The third-order valence-corrected chi connectivity index (χ3v) is 4.09. The van der Waals surface area contributed by atoms with E-state index in [-0.39, 0.29) is 11.9 Å². The molecule has 2 atom stereocenters. The lowest BCUT2D eigenvalue weighted by Crippen LogP contribution is -2.47. The molecule has 0 bridgehead atoms. The van der Waals surface area contributed by atoms with Gasteiger partial charge < -0.3 is 4.74 Å². The third-order valence-electron chi connectivity index (χ3n) is 4.09. The van der Waals surface area contributed by atoms with Gasteiger partial charge in [0.2, 0.25) is 0 Å². The van der Waals surface area contributed by atoms with Crippen molar-refractivity contribution in [2.24, 2.45) is 5.92 Å². The molecule has 0 spiro atoms. The maximum absolute atomic E-state index is 13.4. The van der Waals surface area contributed by atoms with E-state index < -0.39 is 0 Å². The highest BCUT2D eigenvalue weighted by atomic mass is 19.1. The Hall–Kier alpha value is -1.44. The zero-order valence-electron chi connectivity index (χ0n) is 11.7. The maximum Gasteiger partial charge on any atom is 0.123 e. The van der Waals surface area contributed by atoms with Crippen molar-refractivity contribution in [3.63, 3.8) is 0 Å². The lowest BCUT2D eigenvalue weighted by Gasteiger charge is -2.37. The van der Waals surface area contributed by atoms with Crippen molar-refractivity contribution in [2.45, 2.75) is 38.5 Å². The molecule has 1 aromatic carbocycles. The lowest BCUT2D eigenvalue weighted by molar-refractivity contribution is -0.0881. The quantitative estimate of drug-likeness (QED) is 0.850. The molecular weight excluding hydrogens is 255 g/mol. The van der Waals surface area contributed by atoms with Gasteiger partial charge in [-0.15, -0.1) is 0 Å². The molecule has 1 aliphatic carbocycles. The highest BCUT2D eigenvalue weighted by Crippen LogP contribution is 2.36. The van der Waals surface area contributed by atoms with E-state index in [0.717, 1.165) is 18.7 Å². The van der Waals surface area contributed by atoms with E-state index in [0.29, 0.717) is 24.1 Å². The normalized spacial score (nSPS) is 27.2. The van der Waals surface area contributed by atoms with Crippen LogP contribution in [-0.4, -0.2) is 30.2 Å². The summed E-state index contributed by atoms with van der Waals surface area (Å²) in [5, 5.41) is 9.13. The molecule has 1 aliphatic heterocycles. The summed E-state index contributed by atoms with van der Waals surface area (Å²) >= 11 is 0. The second-order valence-corrected chi connectivity index (χ2v) is 5.93. The fourth-order valence-corrected chi connectivity index (χ4v) is 2.98. The van der Waals surface area contributed by atoms with E-state index in [1.54, 1.807) is 6.07 Å². The van der Waals surface area contributed by atoms with E-state index in [4.69, 9.17) is 10.00 Å². The van der Waals surface area contributed by atoms with Crippen molar-refractivity contribution in [1.82, 2.24) is 4.90 Å². The molecule has 106 valence electrons. The lowest BCUT2D eigenvalue weighted by atomic mass is 10.1. The Bertz CT molecular complexity index is 536. The van der Waals surface area contributed by atoms with Crippen molar-refractivity contribution in [3.8, 4) is 6.07 Å². The number of hydrogen-bond donors (Lipinski definition) is 0. The van der Waals surface area contributed by atoms with Gasteiger partial charge in [0.05, 0.1) is 23.8 Å². The van der Waals surface area contributed by atoms with Crippen LogP contribution in [0.4, 0.5) is 4.39 Å². The van der Waals surface area contributed by atoms with Crippen LogP contribution in [0.5, 0.6) is 0 Å². The van der Waals surface area contributed by atoms with Crippen molar-refractivity contribution >= 4 is 0 Å². The minimum atomic E-state index is -0.279. The Balaban J connectivity index is 1.73. The monoisotopic (exact) mass is 274 g/mol. The van der Waals surface area contributed by atoms with Gasteiger partial charge in [-0.25, -0.2) is 4.39 Å². The van der Waals surface area contributed by atoms with Gasteiger partial charge in [0.25, 0.3) is 0 Å². The molecule has 2 fully saturated rings. The van der Waals surface area contributed by atoms with Crippen LogP contribution < -0.4 is 0 Å². The van der Waals surface area contributed by atoms with Crippen LogP contribution >= 0.6 is 0 Å². The summed E-state index contributed by atoms with van der Waals surface area (Å²) in [6, 6.07) is 6.53. The molecule has 0 amide bonds. The van der Waals surface area contributed by atoms with E-state index >= 15 is 0 Å². The molecule has 2 unspecified atom stereocenters. The van der Waals surface area contributed by atoms with E-state index in [2.05, 4.69) is 17.9 Å². The topological polar surface area (TPSA) is 36.3 Å². The van der Waals surface area contributed by atoms with Gasteiger partial charge >= 0.3 is 0 Å². The summed E-state index contributed by atoms with van der Waals surface area (Å²) in [7, 11) is 0. The molecule has 1 aromatic rings. The van der Waals surface area contributed by atoms with E-state index in [1.807, 2.05) is 0 Å². The van der Waals surface area contributed by atoms with Gasteiger partial charge in [0.15, 0.2) is 0 Å². The first kappa shape index (κ1) is 13.5. The molecule has 20 heavy (non-hydrogen) atoms. The number of halogens is 1. The Kier molecular flexibility index (Phi) is 3.73. The molecule has 3 nitrogen and oxygen atoms in total. The third kappa shape index (κ3) is 3.00. The number of rotatable bonds is 3. The number of nitrogens with zero attached hydrogens (tertiary/aromatic N) is 2. The summed E-state index contributed by atoms with van der Waals surface area (Å²) in [6.07, 6.45) is 3.02. The SMILES string of the molecule is CC1CN(Cc2cc(F)ccc2C#N)CC(C2CC2)O1. The smallest absolute Gasteiger partial charge is 0.123 e. The average Bonchev–Trinajstić information content (AvgIpc) is 3.22. The van der Waals surface area contributed by atoms with Gasteiger partial charge in [-0.2, -0.15) is 5.26 Å². The number of morpholine rings is 1. The number of hydrogen-bond acceptors (Lipinski definition) is 3. The number of ether oxygens (including phenoxy) is 1. The van der Waals surface area contributed by atoms with Gasteiger partial charge in [0.1, 0.15) is 5.82 Å². The Morgan fingerprint density at radius 1 is 1.40 bits per heavy atom. The van der Waals surface area contributed by atoms with Gasteiger partial charge in [0, 0.05) is 19.6 Å². The van der Waals surface area contributed by atoms with Gasteiger partial charge in [-0.3, -0.25) is 4.90 Å². The van der Waals surface area contributed by atoms with E-state index in [1.165, 1.54) is 25.0 Å². The predicted octanol–water partition coefficient (Wildman–Crippen LogP) is 2.70. The molecule has 1 heterocycles. The summed E-state index contributed by atoms with van der Waals surface area (Å²) < 4.78 is 19.4. The minimum absolute atomic E-state index is 0.202. The van der Waals surface area contributed by atoms with Gasteiger partial charge in [-0.1, -0.05) is 0 Å².